The minimum atomic E-state index is -0.359. The molecule has 0 unspecified atom stereocenters. The second-order valence-corrected chi connectivity index (χ2v) is 3.21. The lowest BCUT2D eigenvalue weighted by Crippen LogP contribution is -2.28. The van der Waals surface area contributed by atoms with E-state index in [0.29, 0.717) is 5.56 Å². The van der Waals surface area contributed by atoms with E-state index >= 15 is 0 Å². The van der Waals surface area contributed by atoms with Crippen LogP contribution in [0.25, 0.3) is 0 Å². The minimum absolute atomic E-state index is 0.112. The highest BCUT2D eigenvalue weighted by Gasteiger charge is 2.11. The summed E-state index contributed by atoms with van der Waals surface area (Å²) in [6.07, 6.45) is 0. The zero-order valence-corrected chi connectivity index (χ0v) is 8.51. The molecule has 4 heteroatoms. The number of hydrogen-bond donors (Lipinski definition) is 1. The number of nitrogens with one attached hydrogen (secondary N) is 1. The molecule has 0 spiro atoms. The first-order chi connectivity index (χ1) is 6.65. The van der Waals surface area contributed by atoms with E-state index in [4.69, 9.17) is 11.6 Å². The fourth-order valence-corrected chi connectivity index (χ4v) is 1.26. The summed E-state index contributed by atoms with van der Waals surface area (Å²) in [6.45, 7) is 1.71. The van der Waals surface area contributed by atoms with Crippen LogP contribution in [0.1, 0.15) is 18.5 Å². The van der Waals surface area contributed by atoms with Crippen LogP contribution in [0.4, 0.5) is 4.39 Å². The van der Waals surface area contributed by atoms with Gasteiger partial charge in [0.1, 0.15) is 11.7 Å². The van der Waals surface area contributed by atoms with E-state index in [1.54, 1.807) is 25.1 Å². The second kappa shape index (κ2) is 4.96. The average Bonchev–Trinajstić information content (AvgIpc) is 2.18. The van der Waals surface area contributed by atoms with Gasteiger partial charge in [0.25, 0.3) is 0 Å². The van der Waals surface area contributed by atoms with E-state index in [0.717, 1.165) is 0 Å². The van der Waals surface area contributed by atoms with E-state index in [1.807, 2.05) is 0 Å². The molecule has 0 fully saturated rings. The molecule has 0 bridgehead atoms. The first kappa shape index (κ1) is 11.0. The van der Waals surface area contributed by atoms with Crippen molar-refractivity contribution in [3.05, 3.63) is 35.6 Å². The van der Waals surface area contributed by atoms with Crippen molar-refractivity contribution in [3.63, 3.8) is 0 Å². The Morgan fingerprint density at radius 1 is 1.57 bits per heavy atom. The van der Waals surface area contributed by atoms with Crippen molar-refractivity contribution in [2.45, 2.75) is 13.0 Å². The molecule has 1 amide bonds. The van der Waals surface area contributed by atoms with Crippen LogP contribution in [-0.4, -0.2) is 11.8 Å². The monoisotopic (exact) mass is 215 g/mol. The molecule has 0 aliphatic rings. The maximum atomic E-state index is 13.2. The molecular formula is C10H11ClFNO. The van der Waals surface area contributed by atoms with Gasteiger partial charge in [0, 0.05) is 5.56 Å². The number of halogens is 2. The maximum Gasteiger partial charge on any atom is 0.235 e. The molecule has 0 aliphatic carbocycles. The molecule has 0 saturated heterocycles. The van der Waals surface area contributed by atoms with Gasteiger partial charge in [0.2, 0.25) is 5.91 Å². The quantitative estimate of drug-likeness (QED) is 0.770. The Balaban J connectivity index is 2.74. The lowest BCUT2D eigenvalue weighted by atomic mass is 10.1. The highest BCUT2D eigenvalue weighted by molar-refractivity contribution is 6.27. The van der Waals surface area contributed by atoms with E-state index in [-0.39, 0.29) is 23.6 Å². The SMILES string of the molecule is C[C@H](NC(=O)CCl)c1ccccc1F. The first-order valence-corrected chi connectivity index (χ1v) is 4.78. The van der Waals surface area contributed by atoms with Crippen LogP contribution in [0, 0.1) is 5.82 Å². The van der Waals surface area contributed by atoms with Crippen molar-refractivity contribution in [1.29, 1.82) is 0 Å². The number of alkyl halides is 1. The van der Waals surface area contributed by atoms with Crippen LogP contribution >= 0.6 is 11.6 Å². The predicted octanol–water partition coefficient (Wildman–Crippen LogP) is 2.24. The Bertz CT molecular complexity index is 330. The van der Waals surface area contributed by atoms with Crippen molar-refractivity contribution < 1.29 is 9.18 Å². The van der Waals surface area contributed by atoms with Gasteiger partial charge in [-0.15, -0.1) is 11.6 Å². The number of benzene rings is 1. The van der Waals surface area contributed by atoms with E-state index < -0.39 is 0 Å². The van der Waals surface area contributed by atoms with Gasteiger partial charge in [0.15, 0.2) is 0 Å². The standard InChI is InChI=1S/C10H11ClFNO/c1-7(13-10(14)6-11)8-4-2-3-5-9(8)12/h2-5,7H,6H2,1H3,(H,13,14)/t7-/m0/s1. The molecule has 0 radical (unpaired) electrons. The number of rotatable bonds is 3. The van der Waals surface area contributed by atoms with Gasteiger partial charge < -0.3 is 5.32 Å². The minimum Gasteiger partial charge on any atom is -0.348 e. The van der Waals surface area contributed by atoms with Crippen molar-refractivity contribution >= 4 is 17.5 Å². The molecule has 2 nitrogen and oxygen atoms in total. The van der Waals surface area contributed by atoms with Gasteiger partial charge in [-0.2, -0.15) is 0 Å². The highest BCUT2D eigenvalue weighted by atomic mass is 35.5. The summed E-state index contributed by atoms with van der Waals surface area (Å²) in [4.78, 5) is 10.9. The predicted molar refractivity (Wildman–Crippen MR) is 53.7 cm³/mol. The Morgan fingerprint density at radius 3 is 2.79 bits per heavy atom. The van der Waals surface area contributed by atoms with Gasteiger partial charge in [-0.1, -0.05) is 18.2 Å². The normalized spacial score (nSPS) is 12.2. The van der Waals surface area contributed by atoms with Gasteiger partial charge in [0.05, 0.1) is 6.04 Å². The third-order valence-corrected chi connectivity index (χ3v) is 2.11. The van der Waals surface area contributed by atoms with Crippen LogP contribution < -0.4 is 5.32 Å². The summed E-state index contributed by atoms with van der Waals surface area (Å²) < 4.78 is 13.2. The fourth-order valence-electron chi connectivity index (χ4n) is 1.18. The number of amides is 1. The molecule has 1 atom stereocenters. The molecule has 14 heavy (non-hydrogen) atoms. The summed E-state index contributed by atoms with van der Waals surface area (Å²) >= 11 is 5.32. The van der Waals surface area contributed by atoms with Crippen LogP contribution in [0.2, 0.25) is 0 Å². The number of carbonyl (C=O) groups excluding carboxylic acids is 1. The van der Waals surface area contributed by atoms with Crippen molar-refractivity contribution in [1.82, 2.24) is 5.32 Å². The third kappa shape index (κ3) is 2.70. The van der Waals surface area contributed by atoms with E-state index in [9.17, 15) is 9.18 Å². The van der Waals surface area contributed by atoms with Crippen LogP contribution in [0.5, 0.6) is 0 Å². The molecular weight excluding hydrogens is 205 g/mol. The molecule has 1 aromatic carbocycles. The van der Waals surface area contributed by atoms with Gasteiger partial charge >= 0.3 is 0 Å². The van der Waals surface area contributed by atoms with Crippen molar-refractivity contribution in [2.75, 3.05) is 5.88 Å². The van der Waals surface area contributed by atoms with Gasteiger partial charge in [-0.05, 0) is 13.0 Å². The summed E-state index contributed by atoms with van der Waals surface area (Å²) in [7, 11) is 0. The largest absolute Gasteiger partial charge is 0.348 e. The summed E-state index contributed by atoms with van der Waals surface area (Å²) in [5, 5.41) is 2.58. The molecule has 1 aromatic rings. The van der Waals surface area contributed by atoms with Crippen LogP contribution in [0.3, 0.4) is 0 Å². The van der Waals surface area contributed by atoms with Gasteiger partial charge in [-0.3, -0.25) is 4.79 Å². The molecule has 0 heterocycles. The molecule has 0 aliphatic heterocycles. The van der Waals surface area contributed by atoms with Crippen molar-refractivity contribution in [2.24, 2.45) is 0 Å². The molecule has 76 valence electrons. The maximum absolute atomic E-state index is 13.2. The van der Waals surface area contributed by atoms with E-state index in [2.05, 4.69) is 5.32 Å². The molecule has 1 rings (SSSR count). The summed E-state index contributed by atoms with van der Waals surface area (Å²) in [6, 6.07) is 5.96. The smallest absolute Gasteiger partial charge is 0.235 e. The molecule has 0 aromatic heterocycles. The Labute approximate surface area is 87.1 Å². The highest BCUT2D eigenvalue weighted by Crippen LogP contribution is 2.15. The van der Waals surface area contributed by atoms with E-state index in [1.165, 1.54) is 6.07 Å². The lowest BCUT2D eigenvalue weighted by Gasteiger charge is -2.13. The number of carbonyl (C=O) groups is 1. The lowest BCUT2D eigenvalue weighted by molar-refractivity contribution is -0.119. The summed E-state index contributed by atoms with van der Waals surface area (Å²) in [5.74, 6) is -0.740. The Kier molecular flexibility index (Phi) is 3.89. The molecule has 0 saturated carbocycles. The fraction of sp³-hybridized carbons (Fsp3) is 0.300. The van der Waals surface area contributed by atoms with Gasteiger partial charge in [-0.25, -0.2) is 4.39 Å². The molecule has 1 N–H and O–H groups in total. The first-order valence-electron chi connectivity index (χ1n) is 4.25. The average molecular weight is 216 g/mol. The second-order valence-electron chi connectivity index (χ2n) is 2.94. The third-order valence-electron chi connectivity index (χ3n) is 1.87. The zero-order valence-electron chi connectivity index (χ0n) is 7.76. The van der Waals surface area contributed by atoms with Crippen molar-refractivity contribution in [3.8, 4) is 0 Å². The Morgan fingerprint density at radius 2 is 2.21 bits per heavy atom. The van der Waals surface area contributed by atoms with Crippen LogP contribution in [-0.2, 0) is 4.79 Å². The topological polar surface area (TPSA) is 29.1 Å². The van der Waals surface area contributed by atoms with Crippen LogP contribution in [0.15, 0.2) is 24.3 Å². The zero-order chi connectivity index (χ0) is 10.6. The Hall–Kier alpha value is -1.09. The summed E-state index contributed by atoms with van der Waals surface area (Å²) in [5.41, 5.74) is 0.464. The number of hydrogen-bond acceptors (Lipinski definition) is 1.